The van der Waals surface area contributed by atoms with Gasteiger partial charge in [0.05, 0.1) is 6.61 Å². The molecular weight excluding hydrogens is 287 g/mol. The summed E-state index contributed by atoms with van der Waals surface area (Å²) in [6.07, 6.45) is 5.04. The first-order valence-corrected chi connectivity index (χ1v) is 6.29. The Bertz CT molecular complexity index is 260. The monoisotopic (exact) mass is 304 g/mol. The average molecular weight is 304 g/mol. The molecule has 1 aromatic carbocycles. The highest BCUT2D eigenvalue weighted by Crippen LogP contribution is 2.15. The Morgan fingerprint density at radius 2 is 2.07 bits per heavy atom. The van der Waals surface area contributed by atoms with Gasteiger partial charge in [0.1, 0.15) is 5.75 Å². The van der Waals surface area contributed by atoms with Gasteiger partial charge in [-0.15, -0.1) is 0 Å². The van der Waals surface area contributed by atoms with E-state index in [2.05, 4.69) is 41.6 Å². The van der Waals surface area contributed by atoms with E-state index in [9.17, 15) is 0 Å². The molecule has 0 atom stereocenters. The molecule has 0 saturated heterocycles. The van der Waals surface area contributed by atoms with Crippen LogP contribution in [0.4, 0.5) is 0 Å². The molecule has 78 valence electrons. The van der Waals surface area contributed by atoms with Crippen LogP contribution in [0.1, 0.15) is 32.6 Å². The van der Waals surface area contributed by atoms with Gasteiger partial charge in [-0.2, -0.15) is 0 Å². The van der Waals surface area contributed by atoms with Crippen molar-refractivity contribution in [2.75, 3.05) is 6.61 Å². The molecule has 0 spiro atoms. The lowest BCUT2D eigenvalue weighted by molar-refractivity contribution is 0.305. The summed E-state index contributed by atoms with van der Waals surface area (Å²) in [6.45, 7) is 3.07. The first kappa shape index (κ1) is 11.8. The number of hydrogen-bond acceptors (Lipinski definition) is 1. The van der Waals surface area contributed by atoms with Crippen molar-refractivity contribution in [3.63, 3.8) is 0 Å². The van der Waals surface area contributed by atoms with Crippen LogP contribution in [0.5, 0.6) is 5.75 Å². The number of halogens is 1. The van der Waals surface area contributed by atoms with E-state index in [1.54, 1.807) is 0 Å². The molecule has 0 aromatic heterocycles. The van der Waals surface area contributed by atoms with E-state index in [-0.39, 0.29) is 0 Å². The normalized spacial score (nSPS) is 10.1. The first-order valence-electron chi connectivity index (χ1n) is 5.21. The summed E-state index contributed by atoms with van der Waals surface area (Å²) in [7, 11) is 0. The molecule has 0 radical (unpaired) electrons. The molecule has 0 aliphatic heterocycles. The molecule has 14 heavy (non-hydrogen) atoms. The van der Waals surface area contributed by atoms with Crippen molar-refractivity contribution in [3.8, 4) is 5.75 Å². The first-order chi connectivity index (χ1) is 6.83. The standard InChI is InChI=1S/C12H17IO/c1-2-3-4-5-9-14-12-8-6-7-11(13)10-12/h6-8,10H,2-5,9H2,1H3. The smallest absolute Gasteiger partial charge is 0.120 e. The Hall–Kier alpha value is -0.250. The number of ether oxygens (including phenoxy) is 1. The van der Waals surface area contributed by atoms with Crippen LogP contribution in [0, 0.1) is 3.57 Å². The molecule has 0 bridgehead atoms. The highest BCUT2D eigenvalue weighted by atomic mass is 127. The second kappa shape index (κ2) is 7.10. The fourth-order valence-corrected chi connectivity index (χ4v) is 1.79. The van der Waals surface area contributed by atoms with Crippen LogP contribution in [0.2, 0.25) is 0 Å². The molecule has 0 saturated carbocycles. The minimum atomic E-state index is 0.847. The summed E-state index contributed by atoms with van der Waals surface area (Å²) in [5.41, 5.74) is 0. The highest BCUT2D eigenvalue weighted by molar-refractivity contribution is 14.1. The molecule has 1 nitrogen and oxygen atoms in total. The highest BCUT2D eigenvalue weighted by Gasteiger charge is 1.94. The summed E-state index contributed by atoms with van der Waals surface area (Å²) in [5, 5.41) is 0. The number of rotatable bonds is 6. The van der Waals surface area contributed by atoms with Gasteiger partial charge in [0.15, 0.2) is 0 Å². The number of benzene rings is 1. The van der Waals surface area contributed by atoms with Gasteiger partial charge < -0.3 is 4.74 Å². The maximum atomic E-state index is 5.63. The molecule has 2 heteroatoms. The molecule has 0 unspecified atom stereocenters. The predicted octanol–water partition coefficient (Wildman–Crippen LogP) is 4.25. The van der Waals surface area contributed by atoms with Gasteiger partial charge >= 0.3 is 0 Å². The van der Waals surface area contributed by atoms with Crippen molar-refractivity contribution in [1.29, 1.82) is 0 Å². The summed E-state index contributed by atoms with van der Waals surface area (Å²) < 4.78 is 6.86. The quantitative estimate of drug-likeness (QED) is 0.564. The lowest BCUT2D eigenvalue weighted by Crippen LogP contribution is -1.97. The molecule has 0 aliphatic rings. The molecule has 0 heterocycles. The summed E-state index contributed by atoms with van der Waals surface area (Å²) >= 11 is 2.30. The van der Waals surface area contributed by atoms with Gasteiger partial charge in [0.2, 0.25) is 0 Å². The summed E-state index contributed by atoms with van der Waals surface area (Å²) in [5.74, 6) is 0.994. The Morgan fingerprint density at radius 3 is 2.79 bits per heavy atom. The predicted molar refractivity (Wildman–Crippen MR) is 68.8 cm³/mol. The zero-order valence-electron chi connectivity index (χ0n) is 8.63. The summed E-state index contributed by atoms with van der Waals surface area (Å²) in [6, 6.07) is 8.19. The van der Waals surface area contributed by atoms with Crippen LogP contribution in [0.3, 0.4) is 0 Å². The third-order valence-electron chi connectivity index (χ3n) is 2.06. The van der Waals surface area contributed by atoms with Crippen molar-refractivity contribution < 1.29 is 4.74 Å². The van der Waals surface area contributed by atoms with E-state index in [1.165, 1.54) is 29.3 Å². The van der Waals surface area contributed by atoms with Gasteiger partial charge in [-0.1, -0.05) is 32.3 Å². The topological polar surface area (TPSA) is 9.23 Å². The van der Waals surface area contributed by atoms with E-state index in [0.29, 0.717) is 0 Å². The lowest BCUT2D eigenvalue weighted by atomic mass is 10.2. The van der Waals surface area contributed by atoms with Crippen LogP contribution in [-0.4, -0.2) is 6.61 Å². The molecule has 0 fully saturated rings. The van der Waals surface area contributed by atoms with E-state index in [1.807, 2.05) is 12.1 Å². The SMILES string of the molecule is CCCCCCOc1cccc(I)c1. The van der Waals surface area contributed by atoms with Crippen LogP contribution < -0.4 is 4.74 Å². The second-order valence-electron chi connectivity index (χ2n) is 3.37. The number of unbranched alkanes of at least 4 members (excludes halogenated alkanes) is 3. The number of hydrogen-bond donors (Lipinski definition) is 0. The van der Waals surface area contributed by atoms with E-state index in [0.717, 1.165) is 12.4 Å². The van der Waals surface area contributed by atoms with Crippen molar-refractivity contribution in [1.82, 2.24) is 0 Å². The average Bonchev–Trinajstić information content (AvgIpc) is 2.18. The van der Waals surface area contributed by atoms with Crippen molar-refractivity contribution in [2.24, 2.45) is 0 Å². The van der Waals surface area contributed by atoms with Gasteiger partial charge in [0, 0.05) is 3.57 Å². The van der Waals surface area contributed by atoms with Gasteiger partial charge in [-0.25, -0.2) is 0 Å². The zero-order valence-corrected chi connectivity index (χ0v) is 10.8. The van der Waals surface area contributed by atoms with Crippen LogP contribution in [0.25, 0.3) is 0 Å². The molecule has 0 N–H and O–H groups in total. The van der Waals surface area contributed by atoms with Crippen molar-refractivity contribution >= 4 is 22.6 Å². The van der Waals surface area contributed by atoms with Crippen LogP contribution in [0.15, 0.2) is 24.3 Å². The molecule has 1 rings (SSSR count). The van der Waals surface area contributed by atoms with Crippen molar-refractivity contribution in [3.05, 3.63) is 27.8 Å². The fourth-order valence-electron chi connectivity index (χ4n) is 1.28. The minimum absolute atomic E-state index is 0.847. The minimum Gasteiger partial charge on any atom is -0.494 e. The summed E-state index contributed by atoms with van der Waals surface area (Å²) in [4.78, 5) is 0. The van der Waals surface area contributed by atoms with E-state index in [4.69, 9.17) is 4.74 Å². The van der Waals surface area contributed by atoms with Crippen molar-refractivity contribution in [2.45, 2.75) is 32.6 Å². The Morgan fingerprint density at radius 1 is 1.21 bits per heavy atom. The van der Waals surface area contributed by atoms with Gasteiger partial charge in [0.25, 0.3) is 0 Å². The molecule has 0 amide bonds. The van der Waals surface area contributed by atoms with Gasteiger partial charge in [-0.05, 0) is 47.2 Å². The third kappa shape index (κ3) is 4.84. The van der Waals surface area contributed by atoms with Crippen LogP contribution >= 0.6 is 22.6 Å². The van der Waals surface area contributed by atoms with Gasteiger partial charge in [-0.3, -0.25) is 0 Å². The zero-order chi connectivity index (χ0) is 10.2. The lowest BCUT2D eigenvalue weighted by Gasteiger charge is -2.05. The van der Waals surface area contributed by atoms with E-state index >= 15 is 0 Å². The second-order valence-corrected chi connectivity index (χ2v) is 4.61. The molecular formula is C12H17IO. The maximum absolute atomic E-state index is 5.63. The Balaban J connectivity index is 2.18. The Labute approximate surface area is 100.0 Å². The third-order valence-corrected chi connectivity index (χ3v) is 2.73. The largest absolute Gasteiger partial charge is 0.494 e. The Kier molecular flexibility index (Phi) is 5.99. The van der Waals surface area contributed by atoms with E-state index < -0.39 is 0 Å². The maximum Gasteiger partial charge on any atom is 0.120 e. The fraction of sp³-hybridized carbons (Fsp3) is 0.500. The molecule has 0 aliphatic carbocycles. The molecule has 1 aromatic rings. The van der Waals surface area contributed by atoms with Crippen LogP contribution in [-0.2, 0) is 0 Å².